The first-order chi connectivity index (χ1) is 10.6. The van der Waals surface area contributed by atoms with Crippen LogP contribution in [0.4, 0.5) is 5.69 Å². The summed E-state index contributed by atoms with van der Waals surface area (Å²) in [6.45, 7) is -0.0323. The summed E-state index contributed by atoms with van der Waals surface area (Å²) < 4.78 is 10.4. The molecule has 0 saturated carbocycles. The first kappa shape index (κ1) is 14.0. The number of hydrogen-bond donors (Lipinski definition) is 2. The minimum absolute atomic E-state index is 0.0373. The summed E-state index contributed by atoms with van der Waals surface area (Å²) in [4.78, 5) is 25.3. The van der Waals surface area contributed by atoms with Crippen molar-refractivity contribution in [3.63, 3.8) is 0 Å². The number of amides is 2. The van der Waals surface area contributed by atoms with Gasteiger partial charge in [0.2, 0.25) is 5.91 Å². The van der Waals surface area contributed by atoms with Gasteiger partial charge in [-0.25, -0.2) is 0 Å². The van der Waals surface area contributed by atoms with Crippen molar-refractivity contribution in [3.05, 3.63) is 42.4 Å². The minimum atomic E-state index is -0.314. The molecular weight excluding hydrogens is 288 g/mol. The van der Waals surface area contributed by atoms with Crippen molar-refractivity contribution in [2.45, 2.75) is 6.54 Å². The van der Waals surface area contributed by atoms with E-state index in [1.54, 1.807) is 18.2 Å². The van der Waals surface area contributed by atoms with Crippen molar-refractivity contribution in [3.8, 4) is 11.5 Å². The van der Waals surface area contributed by atoms with Gasteiger partial charge in [-0.05, 0) is 24.3 Å². The van der Waals surface area contributed by atoms with E-state index in [1.807, 2.05) is 0 Å². The Morgan fingerprint density at radius 2 is 2.23 bits per heavy atom. The first-order valence-corrected chi connectivity index (χ1v) is 6.69. The number of rotatable bonds is 4. The van der Waals surface area contributed by atoms with Crippen LogP contribution in [0.25, 0.3) is 0 Å². The highest BCUT2D eigenvalue weighted by molar-refractivity contribution is 6.02. The number of phenolic OH excluding ortho intramolecular Hbond substituents is 1. The molecule has 2 N–H and O–H groups in total. The number of aromatic hydroxyl groups is 1. The molecular formula is C15H14N2O5. The maximum atomic E-state index is 12.0. The standard InChI is InChI=1S/C15H14N2O5/c18-10-3-4-12-13(6-10)22-9-15(20)17(12)8-14(19)16-7-11-2-1-5-21-11/h1-6,18H,7-9H2,(H,16,19). The lowest BCUT2D eigenvalue weighted by molar-refractivity contribution is -0.125. The van der Waals surface area contributed by atoms with Crippen LogP contribution in [-0.4, -0.2) is 30.1 Å². The molecule has 0 saturated heterocycles. The van der Waals surface area contributed by atoms with Crippen LogP contribution in [0.2, 0.25) is 0 Å². The van der Waals surface area contributed by atoms with Gasteiger partial charge < -0.3 is 19.6 Å². The number of ether oxygens (including phenoxy) is 1. The highest BCUT2D eigenvalue weighted by Crippen LogP contribution is 2.34. The molecule has 1 aromatic carbocycles. The van der Waals surface area contributed by atoms with Crippen LogP contribution >= 0.6 is 0 Å². The molecule has 0 atom stereocenters. The number of anilines is 1. The molecule has 0 bridgehead atoms. The summed E-state index contributed by atoms with van der Waals surface area (Å²) in [5.41, 5.74) is 0.460. The molecule has 2 aromatic rings. The fourth-order valence-corrected chi connectivity index (χ4v) is 2.16. The van der Waals surface area contributed by atoms with E-state index in [-0.39, 0.29) is 37.3 Å². The van der Waals surface area contributed by atoms with Crippen molar-refractivity contribution in [2.24, 2.45) is 0 Å². The summed E-state index contributed by atoms with van der Waals surface area (Å²) in [5, 5.41) is 12.1. The smallest absolute Gasteiger partial charge is 0.265 e. The summed E-state index contributed by atoms with van der Waals surface area (Å²) >= 11 is 0. The Morgan fingerprint density at radius 1 is 1.36 bits per heavy atom. The van der Waals surface area contributed by atoms with Crippen LogP contribution in [0.1, 0.15) is 5.76 Å². The summed E-state index contributed by atoms with van der Waals surface area (Å²) in [6, 6.07) is 7.87. The Labute approximate surface area is 126 Å². The summed E-state index contributed by atoms with van der Waals surface area (Å²) in [5.74, 6) is 0.415. The molecule has 0 fully saturated rings. The monoisotopic (exact) mass is 302 g/mol. The molecule has 1 aliphatic heterocycles. The van der Waals surface area contributed by atoms with Crippen molar-refractivity contribution >= 4 is 17.5 Å². The molecule has 0 aliphatic carbocycles. The molecule has 114 valence electrons. The van der Waals surface area contributed by atoms with Crippen LogP contribution in [0.3, 0.4) is 0 Å². The lowest BCUT2D eigenvalue weighted by atomic mass is 10.2. The molecule has 7 heteroatoms. The Morgan fingerprint density at radius 3 is 3.00 bits per heavy atom. The maximum Gasteiger partial charge on any atom is 0.265 e. The van der Waals surface area contributed by atoms with Gasteiger partial charge in [-0.3, -0.25) is 14.5 Å². The predicted octanol–water partition coefficient (Wildman–Crippen LogP) is 1.03. The summed E-state index contributed by atoms with van der Waals surface area (Å²) in [7, 11) is 0. The number of carbonyl (C=O) groups is 2. The van der Waals surface area contributed by atoms with Crippen LogP contribution in [-0.2, 0) is 16.1 Å². The highest BCUT2D eigenvalue weighted by atomic mass is 16.5. The van der Waals surface area contributed by atoms with Gasteiger partial charge in [0.05, 0.1) is 18.5 Å². The number of nitrogens with zero attached hydrogens (tertiary/aromatic N) is 1. The van der Waals surface area contributed by atoms with Crippen LogP contribution in [0, 0.1) is 0 Å². The van der Waals surface area contributed by atoms with Gasteiger partial charge in [0, 0.05) is 6.07 Å². The van der Waals surface area contributed by atoms with Gasteiger partial charge in [-0.1, -0.05) is 0 Å². The molecule has 2 amide bonds. The van der Waals surface area contributed by atoms with Gasteiger partial charge in [0.15, 0.2) is 6.61 Å². The fourth-order valence-electron chi connectivity index (χ4n) is 2.16. The van der Waals surface area contributed by atoms with Crippen LogP contribution in [0.15, 0.2) is 41.0 Å². The first-order valence-electron chi connectivity index (χ1n) is 6.69. The Hall–Kier alpha value is -2.96. The minimum Gasteiger partial charge on any atom is -0.508 e. The molecule has 22 heavy (non-hydrogen) atoms. The third kappa shape index (κ3) is 2.88. The Balaban J connectivity index is 1.69. The topological polar surface area (TPSA) is 92.0 Å². The Kier molecular flexibility index (Phi) is 3.69. The van der Waals surface area contributed by atoms with E-state index in [0.29, 0.717) is 17.2 Å². The van der Waals surface area contributed by atoms with Crippen LogP contribution in [0.5, 0.6) is 11.5 Å². The molecule has 1 aromatic heterocycles. The van der Waals surface area contributed by atoms with Gasteiger partial charge >= 0.3 is 0 Å². The van der Waals surface area contributed by atoms with Crippen molar-refractivity contribution in [1.82, 2.24) is 5.32 Å². The number of nitrogens with one attached hydrogen (secondary N) is 1. The Bertz CT molecular complexity index is 696. The van der Waals surface area contributed by atoms with E-state index in [4.69, 9.17) is 9.15 Å². The van der Waals surface area contributed by atoms with Crippen molar-refractivity contribution in [2.75, 3.05) is 18.1 Å². The molecule has 2 heterocycles. The van der Waals surface area contributed by atoms with Gasteiger partial charge in [-0.2, -0.15) is 0 Å². The second-order valence-corrected chi connectivity index (χ2v) is 4.78. The fraction of sp³-hybridized carbons (Fsp3) is 0.200. The second kappa shape index (κ2) is 5.80. The molecule has 0 spiro atoms. The number of furan rings is 1. The zero-order valence-electron chi connectivity index (χ0n) is 11.6. The van der Waals surface area contributed by atoms with Gasteiger partial charge in [-0.15, -0.1) is 0 Å². The summed E-state index contributed by atoms with van der Waals surface area (Å²) in [6.07, 6.45) is 1.52. The van der Waals surface area contributed by atoms with Crippen LogP contribution < -0.4 is 15.0 Å². The number of benzene rings is 1. The van der Waals surface area contributed by atoms with Gasteiger partial charge in [0.1, 0.15) is 23.8 Å². The normalized spacial score (nSPS) is 13.5. The third-order valence-electron chi connectivity index (χ3n) is 3.23. The van der Waals surface area contributed by atoms with E-state index in [1.165, 1.54) is 23.3 Å². The van der Waals surface area contributed by atoms with E-state index in [9.17, 15) is 14.7 Å². The predicted molar refractivity (Wildman–Crippen MR) is 76.5 cm³/mol. The molecule has 1 aliphatic rings. The molecule has 0 unspecified atom stereocenters. The van der Waals surface area contributed by atoms with E-state index in [2.05, 4.69) is 5.32 Å². The van der Waals surface area contributed by atoms with E-state index < -0.39 is 0 Å². The number of fused-ring (bicyclic) bond motifs is 1. The number of phenols is 1. The average molecular weight is 302 g/mol. The maximum absolute atomic E-state index is 12.0. The number of carbonyl (C=O) groups excluding carboxylic acids is 2. The van der Waals surface area contributed by atoms with E-state index >= 15 is 0 Å². The quantitative estimate of drug-likeness (QED) is 0.880. The van der Waals surface area contributed by atoms with Crippen molar-refractivity contribution < 1.29 is 23.8 Å². The highest BCUT2D eigenvalue weighted by Gasteiger charge is 2.27. The average Bonchev–Trinajstić information content (AvgIpc) is 3.01. The zero-order chi connectivity index (χ0) is 15.5. The zero-order valence-corrected chi connectivity index (χ0v) is 11.6. The second-order valence-electron chi connectivity index (χ2n) is 4.78. The lowest BCUT2D eigenvalue weighted by Gasteiger charge is -2.28. The SMILES string of the molecule is O=C(CN1C(=O)COc2cc(O)ccc21)NCc1ccco1. The molecule has 7 nitrogen and oxygen atoms in total. The van der Waals surface area contributed by atoms with Crippen molar-refractivity contribution in [1.29, 1.82) is 0 Å². The molecule has 3 rings (SSSR count). The molecule has 0 radical (unpaired) electrons. The van der Waals surface area contributed by atoms with E-state index in [0.717, 1.165) is 0 Å². The number of hydrogen-bond acceptors (Lipinski definition) is 5. The lowest BCUT2D eigenvalue weighted by Crippen LogP contribution is -2.45. The third-order valence-corrected chi connectivity index (χ3v) is 3.23. The largest absolute Gasteiger partial charge is 0.508 e. The van der Waals surface area contributed by atoms with Gasteiger partial charge in [0.25, 0.3) is 5.91 Å².